The summed E-state index contributed by atoms with van der Waals surface area (Å²) in [5, 5.41) is 0. The summed E-state index contributed by atoms with van der Waals surface area (Å²) in [6.07, 6.45) is 4.77. The van der Waals surface area contributed by atoms with Crippen LogP contribution in [0.1, 0.15) is 64.5 Å². The third-order valence-electron chi connectivity index (χ3n) is 5.55. The van der Waals surface area contributed by atoms with Crippen LogP contribution in [0, 0.1) is 0 Å². The number of nitrogens with zero attached hydrogens (tertiary/aromatic N) is 1. The molecule has 2 rings (SSSR count). The van der Waals surface area contributed by atoms with Crippen LogP contribution >= 0.6 is 0 Å². The average molecular weight is 245 g/mol. The molecule has 0 N–H and O–H groups in total. The molecular weight excluding hydrogens is 218 g/mol. The van der Waals surface area contributed by atoms with E-state index in [1.807, 2.05) is 0 Å². The van der Waals surface area contributed by atoms with Crippen LogP contribution in [0.4, 0.5) is 0 Å². The van der Waals surface area contributed by atoms with Gasteiger partial charge in [0, 0.05) is 11.1 Å². The van der Waals surface area contributed by atoms with Gasteiger partial charge in [-0.1, -0.05) is 52.0 Å². The second-order valence-electron chi connectivity index (χ2n) is 5.58. The van der Waals surface area contributed by atoms with E-state index >= 15 is 0 Å². The quantitative estimate of drug-likeness (QED) is 0.745. The number of rotatable bonds is 4. The third kappa shape index (κ3) is 1.43. The second-order valence-corrected chi connectivity index (χ2v) is 5.58. The van der Waals surface area contributed by atoms with Crippen LogP contribution in [0.5, 0.6) is 0 Å². The maximum Gasteiger partial charge on any atom is 0.0464 e. The van der Waals surface area contributed by atoms with Crippen molar-refractivity contribution < 1.29 is 0 Å². The minimum atomic E-state index is 0.239. The average Bonchev–Trinajstić information content (AvgIpc) is 2.65. The molecule has 1 aromatic carbocycles. The van der Waals surface area contributed by atoms with Crippen LogP contribution < -0.4 is 0 Å². The SMILES string of the molecule is CCC1(CC)c2ccccc2C(CC)(CC)N1C. The van der Waals surface area contributed by atoms with E-state index in [0.29, 0.717) is 0 Å². The fraction of sp³-hybridized carbons (Fsp3) is 0.647. The summed E-state index contributed by atoms with van der Waals surface area (Å²) in [5.41, 5.74) is 3.62. The Kier molecular flexibility index (Phi) is 3.55. The van der Waals surface area contributed by atoms with E-state index in [2.05, 4.69) is 63.9 Å². The summed E-state index contributed by atoms with van der Waals surface area (Å²) in [6.45, 7) is 9.33. The molecule has 0 fully saturated rings. The Morgan fingerprint density at radius 1 is 0.778 bits per heavy atom. The van der Waals surface area contributed by atoms with Gasteiger partial charge < -0.3 is 0 Å². The second kappa shape index (κ2) is 4.70. The van der Waals surface area contributed by atoms with Gasteiger partial charge in [-0.3, -0.25) is 4.90 Å². The van der Waals surface area contributed by atoms with E-state index in [4.69, 9.17) is 0 Å². The smallest absolute Gasteiger partial charge is 0.0464 e. The van der Waals surface area contributed by atoms with Gasteiger partial charge in [0.1, 0.15) is 0 Å². The highest BCUT2D eigenvalue weighted by molar-refractivity contribution is 5.44. The maximum absolute atomic E-state index is 2.67. The van der Waals surface area contributed by atoms with Crippen molar-refractivity contribution in [2.24, 2.45) is 0 Å². The van der Waals surface area contributed by atoms with E-state index in [9.17, 15) is 0 Å². The normalized spacial score (nSPS) is 20.9. The number of fused-ring (bicyclic) bond motifs is 1. The standard InChI is InChI=1S/C17H27N/c1-6-16(7-2)14-12-10-11-13-15(14)17(8-3,9-4)18(16)5/h10-13H,6-9H2,1-5H3. The van der Waals surface area contributed by atoms with Gasteiger partial charge in [0.05, 0.1) is 0 Å². The zero-order valence-electron chi connectivity index (χ0n) is 12.6. The van der Waals surface area contributed by atoms with Crippen molar-refractivity contribution in [3.8, 4) is 0 Å². The lowest BCUT2D eigenvalue weighted by Crippen LogP contribution is -2.47. The molecule has 100 valence electrons. The van der Waals surface area contributed by atoms with Gasteiger partial charge in [0.2, 0.25) is 0 Å². The lowest BCUT2D eigenvalue weighted by Gasteiger charge is -2.44. The molecule has 0 amide bonds. The third-order valence-corrected chi connectivity index (χ3v) is 5.55. The Morgan fingerprint density at radius 3 is 1.39 bits per heavy atom. The summed E-state index contributed by atoms with van der Waals surface area (Å²) in [4.78, 5) is 2.67. The molecule has 0 radical (unpaired) electrons. The van der Waals surface area contributed by atoms with E-state index in [-0.39, 0.29) is 11.1 Å². The molecule has 1 nitrogen and oxygen atoms in total. The molecule has 0 aromatic heterocycles. The summed E-state index contributed by atoms with van der Waals surface area (Å²) >= 11 is 0. The fourth-order valence-electron chi connectivity index (χ4n) is 4.28. The Hall–Kier alpha value is -0.820. The minimum Gasteiger partial charge on any atom is -0.287 e. The van der Waals surface area contributed by atoms with Gasteiger partial charge in [0.15, 0.2) is 0 Å². The summed E-state index contributed by atoms with van der Waals surface area (Å²) in [6, 6.07) is 9.11. The fourth-order valence-corrected chi connectivity index (χ4v) is 4.28. The monoisotopic (exact) mass is 245 g/mol. The van der Waals surface area contributed by atoms with Crippen molar-refractivity contribution >= 4 is 0 Å². The highest BCUT2D eigenvalue weighted by atomic mass is 15.3. The molecule has 1 heteroatoms. The molecule has 1 aliphatic heterocycles. The minimum absolute atomic E-state index is 0.239. The Labute approximate surface area is 112 Å². The van der Waals surface area contributed by atoms with E-state index < -0.39 is 0 Å². The largest absolute Gasteiger partial charge is 0.287 e. The zero-order chi connectivity index (χ0) is 13.4. The highest BCUT2D eigenvalue weighted by Crippen LogP contribution is 2.54. The molecule has 0 aliphatic carbocycles. The molecule has 1 heterocycles. The Bertz CT molecular complexity index is 374. The molecular formula is C17H27N. The van der Waals surface area contributed by atoms with Crippen molar-refractivity contribution in [2.75, 3.05) is 7.05 Å². The highest BCUT2D eigenvalue weighted by Gasteiger charge is 2.52. The first-order chi connectivity index (χ1) is 8.62. The molecule has 18 heavy (non-hydrogen) atoms. The number of benzene rings is 1. The lowest BCUT2D eigenvalue weighted by molar-refractivity contribution is 0.0116. The van der Waals surface area contributed by atoms with Gasteiger partial charge in [-0.15, -0.1) is 0 Å². The first-order valence-electron chi connectivity index (χ1n) is 7.46. The van der Waals surface area contributed by atoms with Crippen molar-refractivity contribution in [1.82, 2.24) is 4.90 Å². The van der Waals surface area contributed by atoms with Gasteiger partial charge >= 0.3 is 0 Å². The maximum atomic E-state index is 2.67. The summed E-state index contributed by atoms with van der Waals surface area (Å²) in [5.74, 6) is 0. The van der Waals surface area contributed by atoms with Crippen LogP contribution in [0.2, 0.25) is 0 Å². The van der Waals surface area contributed by atoms with Gasteiger partial charge in [0.25, 0.3) is 0 Å². The van der Waals surface area contributed by atoms with Gasteiger partial charge in [-0.2, -0.15) is 0 Å². The van der Waals surface area contributed by atoms with Crippen LogP contribution in [0.25, 0.3) is 0 Å². The van der Waals surface area contributed by atoms with Crippen LogP contribution in [0.15, 0.2) is 24.3 Å². The lowest BCUT2D eigenvalue weighted by atomic mass is 9.83. The predicted octanol–water partition coefficient (Wildman–Crippen LogP) is 4.66. The molecule has 0 atom stereocenters. The van der Waals surface area contributed by atoms with E-state index in [0.717, 1.165) is 0 Å². The van der Waals surface area contributed by atoms with Crippen molar-refractivity contribution in [1.29, 1.82) is 0 Å². The Balaban J connectivity index is 2.71. The number of hydrogen-bond donors (Lipinski definition) is 0. The molecule has 0 spiro atoms. The Morgan fingerprint density at radius 2 is 1.11 bits per heavy atom. The molecule has 0 unspecified atom stereocenters. The topological polar surface area (TPSA) is 3.24 Å². The molecule has 0 saturated heterocycles. The predicted molar refractivity (Wildman–Crippen MR) is 78.7 cm³/mol. The zero-order valence-corrected chi connectivity index (χ0v) is 12.6. The summed E-state index contributed by atoms with van der Waals surface area (Å²) < 4.78 is 0. The summed E-state index contributed by atoms with van der Waals surface area (Å²) in [7, 11) is 2.33. The van der Waals surface area contributed by atoms with Gasteiger partial charge in [-0.25, -0.2) is 0 Å². The molecule has 0 saturated carbocycles. The van der Waals surface area contributed by atoms with Crippen LogP contribution in [-0.2, 0) is 11.1 Å². The van der Waals surface area contributed by atoms with Crippen molar-refractivity contribution in [3.05, 3.63) is 35.4 Å². The molecule has 1 aromatic rings. The first kappa shape index (κ1) is 13.6. The van der Waals surface area contributed by atoms with Crippen molar-refractivity contribution in [3.63, 3.8) is 0 Å². The molecule has 1 aliphatic rings. The van der Waals surface area contributed by atoms with E-state index in [1.165, 1.54) is 25.7 Å². The van der Waals surface area contributed by atoms with Crippen molar-refractivity contribution in [2.45, 2.75) is 64.5 Å². The molecule has 0 bridgehead atoms. The van der Waals surface area contributed by atoms with Crippen LogP contribution in [-0.4, -0.2) is 11.9 Å². The van der Waals surface area contributed by atoms with Gasteiger partial charge in [-0.05, 0) is 43.9 Å². The first-order valence-corrected chi connectivity index (χ1v) is 7.46. The number of hydrogen-bond acceptors (Lipinski definition) is 1. The van der Waals surface area contributed by atoms with E-state index in [1.54, 1.807) is 11.1 Å². The van der Waals surface area contributed by atoms with Crippen LogP contribution in [0.3, 0.4) is 0 Å².